The second-order valence-corrected chi connectivity index (χ2v) is 7.42. The Morgan fingerprint density at radius 1 is 1.00 bits per heavy atom. The minimum atomic E-state index is -0.548. The van der Waals surface area contributed by atoms with Crippen molar-refractivity contribution < 1.29 is 9.59 Å². The summed E-state index contributed by atoms with van der Waals surface area (Å²) in [5, 5.41) is 3.60. The lowest BCUT2D eigenvalue weighted by atomic mass is 10.1. The maximum absolute atomic E-state index is 13.0. The Bertz CT molecular complexity index is 747. The van der Waals surface area contributed by atoms with Gasteiger partial charge in [0.15, 0.2) is 0 Å². The van der Waals surface area contributed by atoms with Gasteiger partial charge in [0.2, 0.25) is 11.8 Å². The molecule has 5 heteroatoms. The maximum Gasteiger partial charge on any atom is 0.242 e. The molecule has 0 saturated heterocycles. The summed E-state index contributed by atoms with van der Waals surface area (Å²) in [6.07, 6.45) is 3.39. The van der Waals surface area contributed by atoms with Crippen LogP contribution in [0, 0.1) is 0 Å². The number of unbranched alkanes of at least 4 members (excludes halogenated alkanes) is 2. The summed E-state index contributed by atoms with van der Waals surface area (Å²) in [6, 6.07) is 16.4. The average molecular weight is 401 g/mol. The van der Waals surface area contributed by atoms with Crippen molar-refractivity contribution in [2.75, 3.05) is 6.54 Å². The SMILES string of the molecule is CCCCCNC(=O)[C@@H](C)N(Cc1ccc(Cl)cc1)C(=O)Cc1ccccc1. The molecule has 0 aliphatic rings. The van der Waals surface area contributed by atoms with Crippen molar-refractivity contribution in [1.29, 1.82) is 0 Å². The molecule has 0 aliphatic heterocycles. The molecule has 150 valence electrons. The molecular formula is C23H29ClN2O2. The van der Waals surface area contributed by atoms with Crippen LogP contribution in [-0.2, 0) is 22.6 Å². The Kier molecular flexibility index (Phi) is 9.02. The van der Waals surface area contributed by atoms with Gasteiger partial charge < -0.3 is 10.2 Å². The van der Waals surface area contributed by atoms with Crippen molar-refractivity contribution in [1.82, 2.24) is 10.2 Å². The first-order chi connectivity index (χ1) is 13.5. The summed E-state index contributed by atoms with van der Waals surface area (Å²) in [4.78, 5) is 27.3. The van der Waals surface area contributed by atoms with Crippen LogP contribution >= 0.6 is 11.6 Å². The number of rotatable bonds is 10. The molecule has 0 saturated carbocycles. The number of carbonyl (C=O) groups excluding carboxylic acids is 2. The minimum absolute atomic E-state index is 0.0719. The van der Waals surface area contributed by atoms with Crippen LogP contribution in [0.2, 0.25) is 5.02 Å². The molecular weight excluding hydrogens is 372 g/mol. The zero-order valence-corrected chi connectivity index (χ0v) is 17.4. The molecule has 0 unspecified atom stereocenters. The Morgan fingerprint density at radius 3 is 2.32 bits per heavy atom. The molecule has 4 nitrogen and oxygen atoms in total. The van der Waals surface area contributed by atoms with Gasteiger partial charge in [0.1, 0.15) is 6.04 Å². The van der Waals surface area contributed by atoms with Crippen molar-refractivity contribution in [2.24, 2.45) is 0 Å². The van der Waals surface area contributed by atoms with Crippen molar-refractivity contribution >= 4 is 23.4 Å². The zero-order chi connectivity index (χ0) is 20.4. The summed E-state index contributed by atoms with van der Waals surface area (Å²) in [7, 11) is 0. The second kappa shape index (κ2) is 11.5. The standard InChI is InChI=1S/C23H29ClN2O2/c1-3-4-8-15-25-23(28)18(2)26(17-20-11-13-21(24)14-12-20)22(27)16-19-9-6-5-7-10-19/h5-7,9-14,18H,3-4,8,15-17H2,1-2H3,(H,25,28)/t18-/m1/s1. The normalized spacial score (nSPS) is 11.7. The lowest BCUT2D eigenvalue weighted by molar-refractivity contribution is -0.140. The van der Waals surface area contributed by atoms with Crippen molar-refractivity contribution in [2.45, 2.75) is 52.1 Å². The smallest absolute Gasteiger partial charge is 0.242 e. The predicted molar refractivity (Wildman–Crippen MR) is 114 cm³/mol. The molecule has 2 rings (SSSR count). The van der Waals surface area contributed by atoms with Crippen LogP contribution in [0.15, 0.2) is 54.6 Å². The number of nitrogens with one attached hydrogen (secondary N) is 1. The number of amides is 2. The Labute approximate surface area is 172 Å². The molecule has 0 aromatic heterocycles. The van der Waals surface area contributed by atoms with Crippen LogP contribution in [0.3, 0.4) is 0 Å². The van der Waals surface area contributed by atoms with E-state index < -0.39 is 6.04 Å². The Hall–Kier alpha value is -2.33. The third-order valence-electron chi connectivity index (χ3n) is 4.71. The van der Waals surface area contributed by atoms with Crippen LogP contribution in [0.5, 0.6) is 0 Å². The molecule has 28 heavy (non-hydrogen) atoms. The molecule has 0 heterocycles. The van der Waals surface area contributed by atoms with E-state index in [2.05, 4.69) is 12.2 Å². The highest BCUT2D eigenvalue weighted by Crippen LogP contribution is 2.15. The van der Waals surface area contributed by atoms with Crippen LogP contribution in [0.4, 0.5) is 0 Å². The van der Waals surface area contributed by atoms with Gasteiger partial charge in [-0.1, -0.05) is 73.8 Å². The van der Waals surface area contributed by atoms with E-state index >= 15 is 0 Å². The van der Waals surface area contributed by atoms with Gasteiger partial charge in [0.25, 0.3) is 0 Å². The molecule has 1 atom stereocenters. The average Bonchev–Trinajstić information content (AvgIpc) is 2.70. The maximum atomic E-state index is 13.0. The van der Waals surface area contributed by atoms with Gasteiger partial charge in [0, 0.05) is 18.1 Å². The quantitative estimate of drug-likeness (QED) is 0.592. The lowest BCUT2D eigenvalue weighted by Crippen LogP contribution is -2.48. The van der Waals surface area contributed by atoms with Crippen molar-refractivity contribution in [3.05, 3.63) is 70.7 Å². The summed E-state index contributed by atoms with van der Waals surface area (Å²) in [5.74, 6) is -0.191. The number of nitrogens with zero attached hydrogens (tertiary/aromatic N) is 1. The number of halogens is 1. The van der Waals surface area contributed by atoms with E-state index in [9.17, 15) is 9.59 Å². The summed E-state index contributed by atoms with van der Waals surface area (Å²) in [6.45, 7) is 4.92. The molecule has 2 aromatic rings. The molecule has 0 bridgehead atoms. The third kappa shape index (κ3) is 7.01. The molecule has 0 radical (unpaired) electrons. The topological polar surface area (TPSA) is 49.4 Å². The van der Waals surface area contributed by atoms with E-state index in [-0.39, 0.29) is 18.2 Å². The molecule has 2 aromatic carbocycles. The molecule has 0 aliphatic carbocycles. The number of hydrogen-bond acceptors (Lipinski definition) is 2. The van der Waals surface area contributed by atoms with Crippen LogP contribution in [-0.4, -0.2) is 29.3 Å². The zero-order valence-electron chi connectivity index (χ0n) is 16.7. The number of carbonyl (C=O) groups is 2. The highest BCUT2D eigenvalue weighted by molar-refractivity contribution is 6.30. The fourth-order valence-electron chi connectivity index (χ4n) is 2.98. The Balaban J connectivity index is 2.10. The van der Waals surface area contributed by atoms with E-state index in [0.717, 1.165) is 30.4 Å². The van der Waals surface area contributed by atoms with Gasteiger partial charge in [-0.3, -0.25) is 9.59 Å². The largest absolute Gasteiger partial charge is 0.354 e. The van der Waals surface area contributed by atoms with Crippen LogP contribution in [0.25, 0.3) is 0 Å². The fraction of sp³-hybridized carbons (Fsp3) is 0.391. The number of benzene rings is 2. The van der Waals surface area contributed by atoms with Crippen LogP contribution in [0.1, 0.15) is 44.2 Å². The third-order valence-corrected chi connectivity index (χ3v) is 4.96. The van der Waals surface area contributed by atoms with E-state index in [0.29, 0.717) is 18.1 Å². The van der Waals surface area contributed by atoms with Crippen LogP contribution < -0.4 is 5.32 Å². The van der Waals surface area contributed by atoms with E-state index in [1.54, 1.807) is 24.0 Å². The predicted octanol–water partition coefficient (Wildman–Crippen LogP) is 4.61. The van der Waals surface area contributed by atoms with Crippen molar-refractivity contribution in [3.63, 3.8) is 0 Å². The molecule has 2 amide bonds. The molecule has 1 N–H and O–H groups in total. The monoisotopic (exact) mass is 400 g/mol. The minimum Gasteiger partial charge on any atom is -0.354 e. The Morgan fingerprint density at radius 2 is 1.68 bits per heavy atom. The summed E-state index contributed by atoms with van der Waals surface area (Å²) < 4.78 is 0. The van der Waals surface area contributed by atoms with Gasteiger partial charge >= 0.3 is 0 Å². The fourth-order valence-corrected chi connectivity index (χ4v) is 3.10. The second-order valence-electron chi connectivity index (χ2n) is 6.98. The van der Waals surface area contributed by atoms with E-state index in [1.807, 2.05) is 42.5 Å². The molecule has 0 fully saturated rings. The van der Waals surface area contributed by atoms with Crippen molar-refractivity contribution in [3.8, 4) is 0 Å². The highest BCUT2D eigenvalue weighted by atomic mass is 35.5. The summed E-state index contributed by atoms with van der Waals surface area (Å²) in [5.41, 5.74) is 1.88. The first kappa shape index (κ1) is 22.0. The van der Waals surface area contributed by atoms with Gasteiger partial charge in [-0.15, -0.1) is 0 Å². The van der Waals surface area contributed by atoms with Gasteiger partial charge in [0.05, 0.1) is 6.42 Å². The van der Waals surface area contributed by atoms with Gasteiger partial charge in [-0.2, -0.15) is 0 Å². The first-order valence-corrected chi connectivity index (χ1v) is 10.2. The molecule has 0 spiro atoms. The summed E-state index contributed by atoms with van der Waals surface area (Å²) >= 11 is 5.97. The van der Waals surface area contributed by atoms with E-state index in [4.69, 9.17) is 11.6 Å². The highest BCUT2D eigenvalue weighted by Gasteiger charge is 2.26. The first-order valence-electron chi connectivity index (χ1n) is 9.86. The van der Waals surface area contributed by atoms with Gasteiger partial charge in [-0.25, -0.2) is 0 Å². The lowest BCUT2D eigenvalue weighted by Gasteiger charge is -2.29. The van der Waals surface area contributed by atoms with E-state index in [1.165, 1.54) is 0 Å². The van der Waals surface area contributed by atoms with Gasteiger partial charge in [-0.05, 0) is 36.6 Å². The number of hydrogen-bond donors (Lipinski definition) is 1.